The van der Waals surface area contributed by atoms with Gasteiger partial charge in [-0.2, -0.15) is 0 Å². The third kappa shape index (κ3) is 4.59. The van der Waals surface area contributed by atoms with Crippen molar-refractivity contribution in [1.82, 2.24) is 10.2 Å². The Morgan fingerprint density at radius 1 is 1.03 bits per heavy atom. The van der Waals surface area contributed by atoms with Gasteiger partial charge in [-0.25, -0.2) is 0 Å². The van der Waals surface area contributed by atoms with Gasteiger partial charge in [0.05, 0.1) is 30.7 Å². The second kappa shape index (κ2) is 9.97. The fourth-order valence-corrected chi connectivity index (χ4v) is 5.51. The summed E-state index contributed by atoms with van der Waals surface area (Å²) < 4.78 is 17.6. The van der Waals surface area contributed by atoms with E-state index in [0.29, 0.717) is 51.6 Å². The zero-order chi connectivity index (χ0) is 26.3. The molecule has 0 N–H and O–H groups in total. The van der Waals surface area contributed by atoms with Crippen LogP contribution in [0.4, 0.5) is 5.13 Å². The summed E-state index contributed by atoms with van der Waals surface area (Å²) in [6, 6.07) is 11.7. The molecule has 8 nitrogen and oxygen atoms in total. The molecule has 5 rings (SSSR count). The van der Waals surface area contributed by atoms with E-state index in [0.717, 1.165) is 11.4 Å². The van der Waals surface area contributed by atoms with E-state index in [1.165, 1.54) is 16.2 Å². The maximum absolute atomic E-state index is 13.8. The van der Waals surface area contributed by atoms with Crippen LogP contribution in [0.1, 0.15) is 60.4 Å². The molecule has 0 radical (unpaired) electrons. The number of hydrogen-bond donors (Lipinski definition) is 0. The lowest BCUT2D eigenvalue weighted by Crippen LogP contribution is -2.29. The van der Waals surface area contributed by atoms with Gasteiger partial charge in [0.2, 0.25) is 10.9 Å². The number of carbonyl (C=O) groups is 1. The molecule has 0 saturated carbocycles. The first-order valence-electron chi connectivity index (χ1n) is 12.3. The summed E-state index contributed by atoms with van der Waals surface area (Å²) in [6.45, 7) is 8.87. The van der Waals surface area contributed by atoms with Gasteiger partial charge in [0, 0.05) is 6.42 Å². The quantitative estimate of drug-likeness (QED) is 0.297. The first-order chi connectivity index (χ1) is 17.8. The summed E-state index contributed by atoms with van der Waals surface area (Å²) in [5.41, 5.74) is 1.09. The lowest BCUT2D eigenvalue weighted by Gasteiger charge is -2.23. The number of anilines is 1. The van der Waals surface area contributed by atoms with E-state index in [2.05, 4.69) is 37.9 Å². The van der Waals surface area contributed by atoms with Gasteiger partial charge < -0.3 is 13.9 Å². The van der Waals surface area contributed by atoms with Crippen molar-refractivity contribution in [2.45, 2.75) is 40.2 Å². The number of aromatic nitrogens is 2. The van der Waals surface area contributed by atoms with Crippen molar-refractivity contribution >= 4 is 33.3 Å². The lowest BCUT2D eigenvalue weighted by atomic mass is 9.98. The number of amides is 1. The summed E-state index contributed by atoms with van der Waals surface area (Å²) in [5.74, 6) is 1.44. The number of rotatable bonds is 8. The number of methoxy groups -OCH3 is 1. The molecule has 0 fully saturated rings. The number of ether oxygens (including phenoxy) is 2. The normalized spacial score (nSPS) is 15.2. The molecule has 1 amide bonds. The highest BCUT2D eigenvalue weighted by Gasteiger charge is 2.45. The highest BCUT2D eigenvalue weighted by atomic mass is 32.1. The fraction of sp³-hybridized carbons (Fsp3) is 0.357. The molecule has 0 spiro atoms. The molecule has 1 aliphatic rings. The second-order valence-corrected chi connectivity index (χ2v) is 11.0. The number of nitrogens with zero attached hydrogens (tertiary/aromatic N) is 3. The monoisotopic (exact) mass is 519 g/mol. The average molecular weight is 520 g/mol. The van der Waals surface area contributed by atoms with Crippen LogP contribution in [0.5, 0.6) is 11.5 Å². The predicted molar refractivity (Wildman–Crippen MR) is 143 cm³/mol. The molecule has 0 bridgehead atoms. The first-order valence-corrected chi connectivity index (χ1v) is 13.1. The van der Waals surface area contributed by atoms with Crippen molar-refractivity contribution < 1.29 is 18.7 Å². The Balaban J connectivity index is 1.68. The molecule has 0 saturated heterocycles. The van der Waals surface area contributed by atoms with Gasteiger partial charge in [0.15, 0.2) is 16.9 Å². The van der Waals surface area contributed by atoms with Crippen LogP contribution in [-0.2, 0) is 6.42 Å². The van der Waals surface area contributed by atoms with Crippen LogP contribution in [0.3, 0.4) is 0 Å². The van der Waals surface area contributed by atoms with Crippen molar-refractivity contribution in [3.05, 3.63) is 74.6 Å². The number of para-hydroxylation sites is 1. The van der Waals surface area contributed by atoms with E-state index < -0.39 is 11.9 Å². The lowest BCUT2D eigenvalue weighted by molar-refractivity contribution is 0.0970. The van der Waals surface area contributed by atoms with Gasteiger partial charge >= 0.3 is 0 Å². The van der Waals surface area contributed by atoms with Gasteiger partial charge in [-0.3, -0.25) is 14.5 Å². The second-order valence-electron chi connectivity index (χ2n) is 9.94. The molecule has 9 heteroatoms. The Bertz CT molecular complexity index is 1520. The Morgan fingerprint density at radius 3 is 2.54 bits per heavy atom. The molecule has 1 unspecified atom stereocenters. The number of benzene rings is 2. The van der Waals surface area contributed by atoms with E-state index in [4.69, 9.17) is 13.9 Å². The minimum absolute atomic E-state index is 0.0217. The third-order valence-corrected chi connectivity index (χ3v) is 7.04. The standard InChI is InChI=1S/C28H29N3O5S/c1-15(2)12-22-29-30-28(37-22)31-24(17-10-11-20(21(13-17)34-5)35-14-16(3)4)23-25(32)18-8-6-7-9-19(18)36-26(23)27(31)33/h6-11,13,15-16,24H,12,14H2,1-5H3. The van der Waals surface area contributed by atoms with Crippen molar-refractivity contribution in [3.63, 3.8) is 0 Å². The minimum atomic E-state index is -0.753. The molecule has 1 aliphatic heterocycles. The molecule has 2 aromatic heterocycles. The molecule has 4 aromatic rings. The first kappa shape index (κ1) is 25.0. The van der Waals surface area contributed by atoms with Gasteiger partial charge in [-0.05, 0) is 41.7 Å². The van der Waals surface area contributed by atoms with Crippen LogP contribution < -0.4 is 19.8 Å². The largest absolute Gasteiger partial charge is 0.493 e. The maximum Gasteiger partial charge on any atom is 0.297 e. The van der Waals surface area contributed by atoms with E-state index in [9.17, 15) is 9.59 Å². The zero-order valence-electron chi connectivity index (χ0n) is 21.5. The SMILES string of the molecule is COc1cc(C2c3c(oc4ccccc4c3=O)C(=O)N2c2nnc(CC(C)C)s2)ccc1OCC(C)C. The van der Waals surface area contributed by atoms with E-state index in [-0.39, 0.29) is 16.8 Å². The van der Waals surface area contributed by atoms with Crippen LogP contribution in [0, 0.1) is 11.8 Å². The van der Waals surface area contributed by atoms with Gasteiger partial charge in [0.1, 0.15) is 10.6 Å². The van der Waals surface area contributed by atoms with Crippen molar-refractivity contribution in [2.24, 2.45) is 11.8 Å². The summed E-state index contributed by atoms with van der Waals surface area (Å²) in [5, 5.41) is 10.3. The van der Waals surface area contributed by atoms with Crippen molar-refractivity contribution in [2.75, 3.05) is 18.6 Å². The van der Waals surface area contributed by atoms with E-state index in [1.807, 2.05) is 12.1 Å². The smallest absolute Gasteiger partial charge is 0.297 e. The Kier molecular flexibility index (Phi) is 6.72. The maximum atomic E-state index is 13.8. The minimum Gasteiger partial charge on any atom is -0.493 e. The molecular weight excluding hydrogens is 490 g/mol. The third-order valence-electron chi connectivity index (χ3n) is 6.10. The Morgan fingerprint density at radius 2 is 1.81 bits per heavy atom. The van der Waals surface area contributed by atoms with E-state index in [1.54, 1.807) is 37.4 Å². The Hall–Kier alpha value is -3.72. The van der Waals surface area contributed by atoms with Crippen LogP contribution in [0.15, 0.2) is 51.7 Å². The summed E-state index contributed by atoms with van der Waals surface area (Å²) in [7, 11) is 1.57. The molecule has 1 atom stereocenters. The molecule has 192 valence electrons. The van der Waals surface area contributed by atoms with Crippen molar-refractivity contribution in [3.8, 4) is 11.5 Å². The summed E-state index contributed by atoms with van der Waals surface area (Å²) in [6.07, 6.45) is 0.744. The molecule has 37 heavy (non-hydrogen) atoms. The zero-order valence-corrected chi connectivity index (χ0v) is 22.3. The molecular formula is C28H29N3O5S. The van der Waals surface area contributed by atoms with Crippen LogP contribution >= 0.6 is 11.3 Å². The molecule has 2 aromatic carbocycles. The Labute approximate surface area is 218 Å². The number of hydrogen-bond acceptors (Lipinski definition) is 8. The van der Waals surface area contributed by atoms with Crippen LogP contribution in [0.2, 0.25) is 0 Å². The predicted octanol–water partition coefficient (Wildman–Crippen LogP) is 5.64. The number of fused-ring (bicyclic) bond motifs is 2. The molecule has 3 heterocycles. The van der Waals surface area contributed by atoms with Crippen LogP contribution in [0.25, 0.3) is 11.0 Å². The molecule has 0 aliphatic carbocycles. The summed E-state index contributed by atoms with van der Waals surface area (Å²) >= 11 is 1.35. The highest BCUT2D eigenvalue weighted by molar-refractivity contribution is 7.15. The number of carbonyl (C=O) groups excluding carboxylic acids is 1. The van der Waals surface area contributed by atoms with Gasteiger partial charge in [0.25, 0.3) is 5.91 Å². The van der Waals surface area contributed by atoms with Gasteiger partial charge in [-0.1, -0.05) is 57.2 Å². The average Bonchev–Trinajstić information content (AvgIpc) is 3.44. The highest BCUT2D eigenvalue weighted by Crippen LogP contribution is 2.44. The van der Waals surface area contributed by atoms with Crippen LogP contribution in [-0.4, -0.2) is 29.8 Å². The fourth-order valence-electron chi connectivity index (χ4n) is 4.44. The van der Waals surface area contributed by atoms with Gasteiger partial charge in [-0.15, -0.1) is 10.2 Å². The van der Waals surface area contributed by atoms with E-state index >= 15 is 0 Å². The van der Waals surface area contributed by atoms with Crippen molar-refractivity contribution in [1.29, 1.82) is 0 Å². The topological polar surface area (TPSA) is 94.8 Å². The summed E-state index contributed by atoms with van der Waals surface area (Å²) in [4.78, 5) is 29.0.